The number of amides is 1. The van der Waals surface area contributed by atoms with Gasteiger partial charge in [0.15, 0.2) is 5.16 Å². The minimum Gasteiger partial charge on any atom is -0.339 e. The van der Waals surface area contributed by atoms with Crippen molar-refractivity contribution >= 4 is 28.6 Å². The molecule has 0 unspecified atom stereocenters. The van der Waals surface area contributed by atoms with E-state index in [2.05, 4.69) is 11.9 Å². The molecule has 5 nitrogen and oxygen atoms in total. The fourth-order valence-corrected chi connectivity index (χ4v) is 4.51. The van der Waals surface area contributed by atoms with E-state index in [-0.39, 0.29) is 17.5 Å². The van der Waals surface area contributed by atoms with Gasteiger partial charge in [-0.25, -0.2) is 4.98 Å². The molecule has 4 rings (SSSR count). The molecule has 2 heterocycles. The Morgan fingerprint density at radius 2 is 2.04 bits per heavy atom. The number of carbonyl (C=O) groups is 1. The van der Waals surface area contributed by atoms with Crippen molar-refractivity contribution in [1.29, 1.82) is 0 Å². The zero-order valence-corrected chi connectivity index (χ0v) is 15.3. The maximum atomic E-state index is 12.8. The van der Waals surface area contributed by atoms with Crippen LogP contribution in [-0.2, 0) is 4.79 Å². The summed E-state index contributed by atoms with van der Waals surface area (Å²) in [6.07, 6.45) is 5.40. The lowest BCUT2D eigenvalue weighted by Crippen LogP contribution is -2.43. The highest BCUT2D eigenvalue weighted by atomic mass is 32.2. The standard InChI is InChI=1S/C19H23N3O2S/c1-13-6-4-5-11-21(13)17(23)12-25-19-20-16-8-3-2-7-15(16)18(24)22(19)14-9-10-14/h2-3,7-8,13-14H,4-6,9-12H2,1H3/t13-/m1/s1. The number of hydrogen-bond donors (Lipinski definition) is 0. The van der Waals surface area contributed by atoms with Crippen LogP contribution in [-0.4, -0.2) is 38.7 Å². The summed E-state index contributed by atoms with van der Waals surface area (Å²) in [6, 6.07) is 8.03. The van der Waals surface area contributed by atoms with Crippen LogP contribution in [0.25, 0.3) is 10.9 Å². The van der Waals surface area contributed by atoms with Crippen molar-refractivity contribution in [2.45, 2.75) is 56.3 Å². The second-order valence-electron chi connectivity index (χ2n) is 7.04. The number of aromatic nitrogens is 2. The molecular formula is C19H23N3O2S. The number of thioether (sulfide) groups is 1. The molecule has 1 aromatic heterocycles. The molecule has 1 atom stereocenters. The summed E-state index contributed by atoms with van der Waals surface area (Å²) in [5.74, 6) is 0.504. The Bertz CT molecular complexity index is 859. The number of hydrogen-bond acceptors (Lipinski definition) is 4. The van der Waals surface area contributed by atoms with Gasteiger partial charge in [0.1, 0.15) is 0 Å². The molecule has 1 saturated carbocycles. The third kappa shape index (κ3) is 3.32. The summed E-state index contributed by atoms with van der Waals surface area (Å²) in [5, 5.41) is 1.35. The van der Waals surface area contributed by atoms with Crippen molar-refractivity contribution in [2.24, 2.45) is 0 Å². The summed E-state index contributed by atoms with van der Waals surface area (Å²) in [7, 11) is 0. The first-order valence-electron chi connectivity index (χ1n) is 9.08. The van der Waals surface area contributed by atoms with E-state index in [4.69, 9.17) is 0 Å². The van der Waals surface area contributed by atoms with Crippen molar-refractivity contribution in [3.63, 3.8) is 0 Å². The van der Waals surface area contributed by atoms with Gasteiger partial charge in [0.2, 0.25) is 5.91 Å². The number of piperidine rings is 1. The Hall–Kier alpha value is -1.82. The van der Waals surface area contributed by atoms with Crippen LogP contribution >= 0.6 is 11.8 Å². The molecule has 132 valence electrons. The molecule has 0 spiro atoms. The zero-order chi connectivity index (χ0) is 17.4. The number of rotatable bonds is 4. The maximum absolute atomic E-state index is 12.8. The first-order valence-corrected chi connectivity index (χ1v) is 10.1. The lowest BCUT2D eigenvalue weighted by Gasteiger charge is -2.33. The van der Waals surface area contributed by atoms with Crippen LogP contribution < -0.4 is 5.56 Å². The third-order valence-corrected chi connectivity index (χ3v) is 6.07. The van der Waals surface area contributed by atoms with E-state index in [1.165, 1.54) is 18.2 Å². The topological polar surface area (TPSA) is 55.2 Å². The maximum Gasteiger partial charge on any atom is 0.262 e. The van der Waals surface area contributed by atoms with Gasteiger partial charge in [-0.3, -0.25) is 14.2 Å². The van der Waals surface area contributed by atoms with Crippen LogP contribution in [0, 0.1) is 0 Å². The molecule has 6 heteroatoms. The quantitative estimate of drug-likeness (QED) is 0.623. The summed E-state index contributed by atoms with van der Waals surface area (Å²) in [4.78, 5) is 32.1. The summed E-state index contributed by atoms with van der Waals surface area (Å²) in [6.45, 7) is 2.97. The third-order valence-electron chi connectivity index (χ3n) is 5.14. The van der Waals surface area contributed by atoms with Gasteiger partial charge in [0.05, 0.1) is 16.7 Å². The van der Waals surface area contributed by atoms with E-state index in [1.54, 1.807) is 4.57 Å². The Kier molecular flexibility index (Phi) is 4.54. The summed E-state index contributed by atoms with van der Waals surface area (Å²) >= 11 is 1.41. The molecule has 0 bridgehead atoms. The first kappa shape index (κ1) is 16.6. The predicted octanol–water partition coefficient (Wildman–Crippen LogP) is 3.22. The van der Waals surface area contributed by atoms with Gasteiger partial charge in [-0.05, 0) is 51.2 Å². The second kappa shape index (κ2) is 6.83. The van der Waals surface area contributed by atoms with E-state index in [0.717, 1.165) is 32.2 Å². The van der Waals surface area contributed by atoms with Gasteiger partial charge in [0, 0.05) is 18.6 Å². The molecule has 1 amide bonds. The smallest absolute Gasteiger partial charge is 0.262 e. The van der Waals surface area contributed by atoms with E-state index in [1.807, 2.05) is 29.2 Å². The lowest BCUT2D eigenvalue weighted by atomic mass is 10.0. The molecule has 1 saturated heterocycles. The zero-order valence-electron chi connectivity index (χ0n) is 14.5. The van der Waals surface area contributed by atoms with Gasteiger partial charge in [-0.15, -0.1) is 0 Å². The van der Waals surface area contributed by atoms with E-state index in [0.29, 0.717) is 27.9 Å². The Morgan fingerprint density at radius 1 is 1.24 bits per heavy atom. The van der Waals surface area contributed by atoms with E-state index < -0.39 is 0 Å². The largest absolute Gasteiger partial charge is 0.339 e. The molecule has 2 fully saturated rings. The lowest BCUT2D eigenvalue weighted by molar-refractivity contribution is -0.131. The van der Waals surface area contributed by atoms with Crippen LogP contribution in [0.3, 0.4) is 0 Å². The molecule has 2 aromatic rings. The number of benzene rings is 1. The molecule has 25 heavy (non-hydrogen) atoms. The van der Waals surface area contributed by atoms with Crippen molar-refractivity contribution in [2.75, 3.05) is 12.3 Å². The first-order chi connectivity index (χ1) is 12.1. The van der Waals surface area contributed by atoms with Crippen LogP contribution in [0.5, 0.6) is 0 Å². The molecule has 1 aliphatic heterocycles. The number of fused-ring (bicyclic) bond motifs is 1. The number of likely N-dealkylation sites (tertiary alicyclic amines) is 1. The van der Waals surface area contributed by atoms with Gasteiger partial charge >= 0.3 is 0 Å². The van der Waals surface area contributed by atoms with Crippen molar-refractivity contribution in [3.05, 3.63) is 34.6 Å². The van der Waals surface area contributed by atoms with Crippen molar-refractivity contribution in [3.8, 4) is 0 Å². The van der Waals surface area contributed by atoms with Gasteiger partial charge < -0.3 is 4.90 Å². The predicted molar refractivity (Wildman–Crippen MR) is 100 cm³/mol. The summed E-state index contributed by atoms with van der Waals surface area (Å²) < 4.78 is 1.81. The highest BCUT2D eigenvalue weighted by Crippen LogP contribution is 2.37. The van der Waals surface area contributed by atoms with Crippen LogP contribution in [0.1, 0.15) is 45.1 Å². The summed E-state index contributed by atoms with van der Waals surface area (Å²) in [5.41, 5.74) is 0.736. The Morgan fingerprint density at radius 3 is 2.80 bits per heavy atom. The van der Waals surface area contributed by atoms with Crippen LogP contribution in [0.2, 0.25) is 0 Å². The average molecular weight is 357 g/mol. The van der Waals surface area contributed by atoms with Gasteiger partial charge in [-0.1, -0.05) is 23.9 Å². The van der Waals surface area contributed by atoms with Gasteiger partial charge in [-0.2, -0.15) is 0 Å². The second-order valence-corrected chi connectivity index (χ2v) is 7.98. The normalized spacial score (nSPS) is 20.8. The Labute approximate surface area is 151 Å². The Balaban J connectivity index is 1.59. The molecule has 1 aromatic carbocycles. The highest BCUT2D eigenvalue weighted by molar-refractivity contribution is 7.99. The fourth-order valence-electron chi connectivity index (χ4n) is 3.56. The van der Waals surface area contributed by atoms with Gasteiger partial charge in [0.25, 0.3) is 5.56 Å². The monoisotopic (exact) mass is 357 g/mol. The van der Waals surface area contributed by atoms with E-state index in [9.17, 15) is 9.59 Å². The average Bonchev–Trinajstić information content (AvgIpc) is 3.45. The molecular weight excluding hydrogens is 334 g/mol. The number of carbonyl (C=O) groups excluding carboxylic acids is 1. The molecule has 1 aliphatic carbocycles. The minimum atomic E-state index is 0.0226. The molecule has 0 N–H and O–H groups in total. The number of nitrogens with zero attached hydrogens (tertiary/aromatic N) is 3. The minimum absolute atomic E-state index is 0.0226. The molecule has 2 aliphatic rings. The van der Waals surface area contributed by atoms with Crippen LogP contribution in [0.15, 0.2) is 34.2 Å². The van der Waals surface area contributed by atoms with Crippen molar-refractivity contribution in [1.82, 2.24) is 14.5 Å². The highest BCUT2D eigenvalue weighted by Gasteiger charge is 2.29. The van der Waals surface area contributed by atoms with E-state index >= 15 is 0 Å². The molecule has 0 radical (unpaired) electrons. The van der Waals surface area contributed by atoms with Crippen LogP contribution in [0.4, 0.5) is 0 Å². The number of para-hydroxylation sites is 1. The fraction of sp³-hybridized carbons (Fsp3) is 0.526. The SMILES string of the molecule is C[C@@H]1CCCCN1C(=O)CSc1nc2ccccc2c(=O)n1C1CC1. The van der Waals surface area contributed by atoms with Crippen molar-refractivity contribution < 1.29 is 4.79 Å².